The molecule has 1 N–H and O–H groups in total. The number of carbonyl (C=O) groups is 1. The van der Waals surface area contributed by atoms with Crippen molar-refractivity contribution >= 4 is 6.09 Å². The van der Waals surface area contributed by atoms with Gasteiger partial charge in [-0.15, -0.1) is 5.10 Å². The number of ether oxygens (including phenoxy) is 1. The zero-order chi connectivity index (χ0) is 27.7. The fraction of sp³-hybridized carbons (Fsp3) is 0.481. The van der Waals surface area contributed by atoms with Crippen molar-refractivity contribution in [2.24, 2.45) is 12.5 Å². The second-order valence-electron chi connectivity index (χ2n) is 11.0. The molecule has 3 aromatic rings. The maximum Gasteiger partial charge on any atom is 0.416 e. The minimum absolute atomic E-state index is 0.0559. The smallest absolute Gasteiger partial charge is 0.416 e. The summed E-state index contributed by atoms with van der Waals surface area (Å²) in [4.78, 5) is 13.5. The lowest BCUT2D eigenvalue weighted by Crippen LogP contribution is -2.57. The van der Waals surface area contributed by atoms with Gasteiger partial charge >= 0.3 is 12.3 Å². The van der Waals surface area contributed by atoms with Crippen LogP contribution < -0.4 is 0 Å². The molecule has 0 aliphatic carbocycles. The van der Waals surface area contributed by atoms with Gasteiger partial charge in [-0.1, -0.05) is 51.1 Å². The molecular weight excluding hydrogens is 499 g/mol. The zero-order valence-electron chi connectivity index (χ0n) is 21.9. The summed E-state index contributed by atoms with van der Waals surface area (Å²) < 4.78 is 48.5. The SMILES string of the molecule is Cn1nnnc1-c1cc(COCC2(c3ccccc3)CCN(C(=O)O)C(C(C)(C)C)C2)cc(C(F)(F)F)c1. The van der Waals surface area contributed by atoms with E-state index in [1.807, 2.05) is 51.1 Å². The number of piperidine rings is 1. The van der Waals surface area contributed by atoms with Crippen LogP contribution in [0.2, 0.25) is 0 Å². The molecule has 1 fully saturated rings. The number of nitrogens with zero attached hydrogens (tertiary/aromatic N) is 5. The average Bonchev–Trinajstić information content (AvgIpc) is 3.29. The van der Waals surface area contributed by atoms with Crippen LogP contribution in [0.5, 0.6) is 0 Å². The Labute approximate surface area is 219 Å². The number of rotatable bonds is 6. The van der Waals surface area contributed by atoms with E-state index in [-0.39, 0.29) is 36.1 Å². The van der Waals surface area contributed by atoms with E-state index in [4.69, 9.17) is 4.74 Å². The Bertz CT molecular complexity index is 1270. The molecule has 2 unspecified atom stereocenters. The first-order valence-electron chi connectivity index (χ1n) is 12.4. The number of carboxylic acid groups (broad SMARTS) is 1. The fourth-order valence-electron chi connectivity index (χ4n) is 5.25. The van der Waals surface area contributed by atoms with Crippen LogP contribution in [0.15, 0.2) is 48.5 Å². The highest BCUT2D eigenvalue weighted by molar-refractivity contribution is 5.66. The van der Waals surface area contributed by atoms with Gasteiger partial charge in [-0.3, -0.25) is 0 Å². The summed E-state index contributed by atoms with van der Waals surface area (Å²) in [5, 5.41) is 20.9. The van der Waals surface area contributed by atoms with Crippen LogP contribution in [0.4, 0.5) is 18.0 Å². The van der Waals surface area contributed by atoms with E-state index >= 15 is 0 Å². The van der Waals surface area contributed by atoms with E-state index in [1.165, 1.54) is 9.58 Å². The average molecular weight is 532 g/mol. The summed E-state index contributed by atoms with van der Waals surface area (Å²) in [5.74, 6) is 0.215. The number of aromatic nitrogens is 4. The van der Waals surface area contributed by atoms with Gasteiger partial charge in [0.25, 0.3) is 0 Å². The molecule has 2 atom stereocenters. The molecule has 4 rings (SSSR count). The third-order valence-corrected chi connectivity index (χ3v) is 7.27. The van der Waals surface area contributed by atoms with Gasteiger partial charge in [-0.25, -0.2) is 9.48 Å². The fourth-order valence-corrected chi connectivity index (χ4v) is 5.25. The molecular formula is C27H32F3N5O3. The van der Waals surface area contributed by atoms with Crippen LogP contribution in [0.25, 0.3) is 11.4 Å². The molecule has 0 bridgehead atoms. The normalized spacial score (nSPS) is 20.5. The number of halogens is 3. The second kappa shape index (κ2) is 10.4. The molecule has 1 amide bonds. The Hall–Kier alpha value is -3.47. The molecule has 1 aliphatic heterocycles. The summed E-state index contributed by atoms with van der Waals surface area (Å²) in [7, 11) is 1.56. The standard InChI is InChI=1S/C27H32F3N5O3/c1-25(2,3)22-15-26(10-11-35(22)24(36)37,20-8-6-5-7-9-20)17-38-16-18-12-19(23-31-32-33-34(23)4)14-21(13-18)27(28,29)30/h5-9,12-14,22H,10-11,15-17H2,1-4H3,(H,36,37). The molecule has 1 aromatic heterocycles. The van der Waals surface area contributed by atoms with Crippen LogP contribution in [0, 0.1) is 5.41 Å². The van der Waals surface area contributed by atoms with Crippen LogP contribution in [0.3, 0.4) is 0 Å². The van der Waals surface area contributed by atoms with Gasteiger partial charge in [0.15, 0.2) is 5.82 Å². The lowest BCUT2D eigenvalue weighted by molar-refractivity contribution is -0.137. The highest BCUT2D eigenvalue weighted by Gasteiger charge is 2.46. The molecule has 38 heavy (non-hydrogen) atoms. The predicted octanol–water partition coefficient (Wildman–Crippen LogP) is 5.54. The van der Waals surface area contributed by atoms with Crippen molar-refractivity contribution in [3.05, 3.63) is 65.2 Å². The Balaban J connectivity index is 1.63. The number of amides is 1. The quantitative estimate of drug-likeness (QED) is 0.449. The molecule has 1 aliphatic rings. The number of likely N-dealkylation sites (tertiary alicyclic amines) is 1. The van der Waals surface area contributed by atoms with Crippen molar-refractivity contribution in [3.8, 4) is 11.4 Å². The highest BCUT2D eigenvalue weighted by Crippen LogP contribution is 2.44. The van der Waals surface area contributed by atoms with Crippen molar-refractivity contribution in [2.75, 3.05) is 13.2 Å². The van der Waals surface area contributed by atoms with Crippen molar-refractivity contribution in [2.45, 2.75) is 57.9 Å². The maximum absolute atomic E-state index is 13.7. The Morgan fingerprint density at radius 2 is 1.87 bits per heavy atom. The molecule has 2 aromatic carbocycles. The number of benzene rings is 2. The molecule has 8 nitrogen and oxygen atoms in total. The first-order valence-corrected chi connectivity index (χ1v) is 12.4. The van der Waals surface area contributed by atoms with E-state index in [0.29, 0.717) is 24.9 Å². The molecule has 0 saturated carbocycles. The summed E-state index contributed by atoms with van der Waals surface area (Å²) in [6.07, 6.45) is -4.44. The Kier molecular flexibility index (Phi) is 7.51. The monoisotopic (exact) mass is 531 g/mol. The number of tetrazole rings is 1. The first kappa shape index (κ1) is 27.6. The van der Waals surface area contributed by atoms with E-state index in [1.54, 1.807) is 13.1 Å². The van der Waals surface area contributed by atoms with Gasteiger partial charge in [0.05, 0.1) is 18.8 Å². The van der Waals surface area contributed by atoms with Gasteiger partial charge in [-0.05, 0) is 58.0 Å². The molecule has 11 heteroatoms. The summed E-state index contributed by atoms with van der Waals surface area (Å²) in [6, 6.07) is 13.2. The third kappa shape index (κ3) is 5.82. The van der Waals surface area contributed by atoms with Crippen molar-refractivity contribution in [1.29, 1.82) is 0 Å². The lowest BCUT2D eigenvalue weighted by atomic mass is 9.66. The minimum Gasteiger partial charge on any atom is -0.465 e. The van der Waals surface area contributed by atoms with E-state index < -0.39 is 23.2 Å². The molecule has 0 radical (unpaired) electrons. The van der Waals surface area contributed by atoms with Gasteiger partial charge in [0.2, 0.25) is 0 Å². The summed E-state index contributed by atoms with van der Waals surface area (Å²) in [6.45, 7) is 6.55. The molecule has 2 heterocycles. The van der Waals surface area contributed by atoms with Gasteiger partial charge in [0.1, 0.15) is 0 Å². The lowest BCUT2D eigenvalue weighted by Gasteiger charge is -2.50. The number of aryl methyl sites for hydroxylation is 1. The maximum atomic E-state index is 13.7. The van der Waals surface area contributed by atoms with E-state index in [2.05, 4.69) is 15.5 Å². The second-order valence-corrected chi connectivity index (χ2v) is 11.0. The number of hydrogen-bond donors (Lipinski definition) is 1. The molecule has 0 spiro atoms. The Morgan fingerprint density at radius 3 is 2.45 bits per heavy atom. The number of alkyl halides is 3. The van der Waals surface area contributed by atoms with E-state index in [0.717, 1.165) is 17.7 Å². The van der Waals surface area contributed by atoms with Crippen LogP contribution >= 0.6 is 0 Å². The highest BCUT2D eigenvalue weighted by atomic mass is 19.4. The topological polar surface area (TPSA) is 93.4 Å². The largest absolute Gasteiger partial charge is 0.465 e. The van der Waals surface area contributed by atoms with Gasteiger partial charge in [-0.2, -0.15) is 13.2 Å². The van der Waals surface area contributed by atoms with Gasteiger partial charge in [0, 0.05) is 30.6 Å². The van der Waals surface area contributed by atoms with Crippen LogP contribution in [0.1, 0.15) is 50.3 Å². The summed E-state index contributed by atoms with van der Waals surface area (Å²) in [5.41, 5.74) is -0.0176. The summed E-state index contributed by atoms with van der Waals surface area (Å²) >= 11 is 0. The predicted molar refractivity (Wildman–Crippen MR) is 134 cm³/mol. The van der Waals surface area contributed by atoms with Crippen LogP contribution in [-0.4, -0.2) is 55.5 Å². The van der Waals surface area contributed by atoms with Gasteiger partial charge < -0.3 is 14.7 Å². The van der Waals surface area contributed by atoms with Crippen molar-refractivity contribution in [1.82, 2.24) is 25.1 Å². The Morgan fingerprint density at radius 1 is 1.16 bits per heavy atom. The minimum atomic E-state index is -4.55. The third-order valence-electron chi connectivity index (χ3n) is 7.27. The number of hydrogen-bond acceptors (Lipinski definition) is 5. The van der Waals surface area contributed by atoms with E-state index in [9.17, 15) is 23.1 Å². The molecule has 204 valence electrons. The van der Waals surface area contributed by atoms with Crippen LogP contribution in [-0.2, 0) is 30.0 Å². The molecule has 1 saturated heterocycles. The van der Waals surface area contributed by atoms with Crippen molar-refractivity contribution < 1.29 is 27.8 Å². The zero-order valence-corrected chi connectivity index (χ0v) is 21.9. The van der Waals surface area contributed by atoms with Crippen molar-refractivity contribution in [3.63, 3.8) is 0 Å². The first-order chi connectivity index (χ1) is 17.8.